The number of pyridine rings is 1. The molecule has 0 atom stereocenters. The number of aromatic nitrogens is 2. The number of rotatable bonds is 2. The second-order valence-corrected chi connectivity index (χ2v) is 4.03. The number of carboxylic acid groups (broad SMARTS) is 1. The smallest absolute Gasteiger partial charge is 0.354 e. The summed E-state index contributed by atoms with van der Waals surface area (Å²) in [5.74, 6) is -1.02. The minimum absolute atomic E-state index is 0.0400. The van der Waals surface area contributed by atoms with Crippen LogP contribution in [0.15, 0.2) is 23.6 Å². The number of aryl methyl sites for hydroxylation is 1. The van der Waals surface area contributed by atoms with Gasteiger partial charge in [-0.2, -0.15) is 0 Å². The van der Waals surface area contributed by atoms with Gasteiger partial charge in [0.15, 0.2) is 0 Å². The molecule has 0 unspecified atom stereocenters. The maximum Gasteiger partial charge on any atom is 0.354 e. The van der Waals surface area contributed by atoms with Crippen molar-refractivity contribution in [2.24, 2.45) is 0 Å². The van der Waals surface area contributed by atoms with Gasteiger partial charge in [-0.1, -0.05) is 6.07 Å². The van der Waals surface area contributed by atoms with E-state index < -0.39 is 5.97 Å². The molecule has 0 fully saturated rings. The molecule has 2 rings (SSSR count). The fourth-order valence-electron chi connectivity index (χ4n) is 1.18. The quantitative estimate of drug-likeness (QED) is 0.842. The van der Waals surface area contributed by atoms with Crippen LogP contribution in [0.3, 0.4) is 0 Å². The molecule has 0 bridgehead atoms. The molecule has 0 aromatic carbocycles. The van der Waals surface area contributed by atoms with Crippen LogP contribution in [-0.2, 0) is 0 Å². The molecule has 0 amide bonds. The number of hydrogen-bond acceptors (Lipinski definition) is 4. The number of nitrogens with zero attached hydrogens (tertiary/aromatic N) is 2. The van der Waals surface area contributed by atoms with Crippen molar-refractivity contribution < 1.29 is 9.90 Å². The monoisotopic (exact) mass is 220 g/mol. The number of thiazole rings is 1. The van der Waals surface area contributed by atoms with Crippen molar-refractivity contribution in [3.05, 3.63) is 34.3 Å². The average Bonchev–Trinajstić information content (AvgIpc) is 2.65. The van der Waals surface area contributed by atoms with E-state index in [1.54, 1.807) is 12.1 Å². The fourth-order valence-corrected chi connectivity index (χ4v) is 1.78. The first-order valence-corrected chi connectivity index (χ1v) is 5.17. The molecule has 0 aliphatic heterocycles. The topological polar surface area (TPSA) is 63.1 Å². The third kappa shape index (κ3) is 2.02. The van der Waals surface area contributed by atoms with Crippen LogP contribution in [0.1, 0.15) is 15.5 Å². The SMILES string of the molecule is Cc1nc(-c2cccc(C(=O)O)n2)cs1. The van der Waals surface area contributed by atoms with Gasteiger partial charge in [-0.3, -0.25) is 0 Å². The number of carbonyl (C=O) groups is 1. The van der Waals surface area contributed by atoms with E-state index in [0.29, 0.717) is 5.69 Å². The normalized spacial score (nSPS) is 10.2. The van der Waals surface area contributed by atoms with Crippen molar-refractivity contribution in [2.75, 3.05) is 0 Å². The molecule has 0 aliphatic carbocycles. The third-order valence-electron chi connectivity index (χ3n) is 1.85. The highest BCUT2D eigenvalue weighted by molar-refractivity contribution is 7.09. The zero-order valence-corrected chi connectivity index (χ0v) is 8.78. The Morgan fingerprint density at radius 2 is 2.13 bits per heavy atom. The Morgan fingerprint density at radius 3 is 2.73 bits per heavy atom. The van der Waals surface area contributed by atoms with Crippen molar-refractivity contribution in [2.45, 2.75) is 6.92 Å². The molecular weight excluding hydrogens is 212 g/mol. The van der Waals surface area contributed by atoms with Crippen molar-refractivity contribution in [1.29, 1.82) is 0 Å². The van der Waals surface area contributed by atoms with Gasteiger partial charge >= 0.3 is 5.97 Å². The van der Waals surface area contributed by atoms with Crippen LogP contribution in [0.2, 0.25) is 0 Å². The first-order valence-electron chi connectivity index (χ1n) is 4.29. The Morgan fingerprint density at radius 1 is 1.33 bits per heavy atom. The molecule has 2 aromatic rings. The molecule has 15 heavy (non-hydrogen) atoms. The summed E-state index contributed by atoms with van der Waals surface area (Å²) in [6.45, 7) is 1.90. The van der Waals surface area contributed by atoms with Crippen molar-refractivity contribution in [1.82, 2.24) is 9.97 Å². The standard InChI is InChI=1S/C10H8N2O2S/c1-6-11-9(5-15-6)7-3-2-4-8(12-7)10(13)14/h2-5H,1H3,(H,13,14). The van der Waals surface area contributed by atoms with Gasteiger partial charge in [0.25, 0.3) is 0 Å². The first-order chi connectivity index (χ1) is 7.16. The molecule has 0 aliphatic rings. The fraction of sp³-hybridized carbons (Fsp3) is 0.100. The van der Waals surface area contributed by atoms with E-state index in [4.69, 9.17) is 5.11 Å². The molecule has 0 saturated heterocycles. The lowest BCUT2D eigenvalue weighted by Crippen LogP contribution is -2.00. The molecule has 1 N–H and O–H groups in total. The maximum absolute atomic E-state index is 10.7. The lowest BCUT2D eigenvalue weighted by Gasteiger charge is -1.97. The number of aromatic carboxylic acids is 1. The highest BCUT2D eigenvalue weighted by Gasteiger charge is 2.08. The summed E-state index contributed by atoms with van der Waals surface area (Å²) in [7, 11) is 0. The average molecular weight is 220 g/mol. The van der Waals surface area contributed by atoms with E-state index in [9.17, 15) is 4.79 Å². The summed E-state index contributed by atoms with van der Waals surface area (Å²) in [4.78, 5) is 19.0. The van der Waals surface area contributed by atoms with Gasteiger partial charge in [0.1, 0.15) is 5.69 Å². The van der Waals surface area contributed by atoms with Gasteiger partial charge in [-0.05, 0) is 19.1 Å². The molecule has 0 radical (unpaired) electrons. The van der Waals surface area contributed by atoms with Crippen LogP contribution in [0, 0.1) is 6.92 Å². The van der Waals surface area contributed by atoms with E-state index in [2.05, 4.69) is 9.97 Å². The Kier molecular flexibility index (Phi) is 2.47. The first kappa shape index (κ1) is 9.79. The second kappa shape index (κ2) is 3.78. The van der Waals surface area contributed by atoms with Crippen LogP contribution < -0.4 is 0 Å². The van der Waals surface area contributed by atoms with Gasteiger partial charge in [0, 0.05) is 5.38 Å². The Hall–Kier alpha value is -1.75. The number of carboxylic acids is 1. The van der Waals surface area contributed by atoms with Crippen molar-refractivity contribution in [3.8, 4) is 11.4 Å². The molecule has 0 saturated carbocycles. The van der Waals surface area contributed by atoms with E-state index in [1.165, 1.54) is 17.4 Å². The van der Waals surface area contributed by atoms with Crippen LogP contribution in [0.25, 0.3) is 11.4 Å². The molecular formula is C10H8N2O2S. The van der Waals surface area contributed by atoms with Gasteiger partial charge in [-0.15, -0.1) is 11.3 Å². The Bertz CT molecular complexity index is 508. The highest BCUT2D eigenvalue weighted by atomic mass is 32.1. The van der Waals surface area contributed by atoms with Gasteiger partial charge in [0.2, 0.25) is 0 Å². The summed E-state index contributed by atoms with van der Waals surface area (Å²) in [5.41, 5.74) is 1.36. The van der Waals surface area contributed by atoms with E-state index >= 15 is 0 Å². The molecule has 2 heterocycles. The van der Waals surface area contributed by atoms with Crippen LogP contribution in [0.5, 0.6) is 0 Å². The zero-order chi connectivity index (χ0) is 10.8. The largest absolute Gasteiger partial charge is 0.477 e. The maximum atomic E-state index is 10.7. The lowest BCUT2D eigenvalue weighted by atomic mass is 10.2. The van der Waals surface area contributed by atoms with E-state index in [1.807, 2.05) is 12.3 Å². The van der Waals surface area contributed by atoms with Gasteiger partial charge < -0.3 is 5.11 Å². The summed E-state index contributed by atoms with van der Waals surface area (Å²) >= 11 is 1.51. The minimum Gasteiger partial charge on any atom is -0.477 e. The zero-order valence-electron chi connectivity index (χ0n) is 7.97. The number of hydrogen-bond donors (Lipinski definition) is 1. The molecule has 2 aromatic heterocycles. The predicted octanol–water partition coefficient (Wildman–Crippen LogP) is 2.21. The molecule has 76 valence electrons. The molecule has 4 nitrogen and oxygen atoms in total. The predicted molar refractivity (Wildman–Crippen MR) is 57.0 cm³/mol. The molecule has 5 heteroatoms. The van der Waals surface area contributed by atoms with Crippen LogP contribution in [0.4, 0.5) is 0 Å². The van der Waals surface area contributed by atoms with Crippen molar-refractivity contribution in [3.63, 3.8) is 0 Å². The van der Waals surface area contributed by atoms with E-state index in [0.717, 1.165) is 10.7 Å². The van der Waals surface area contributed by atoms with Crippen molar-refractivity contribution >= 4 is 17.3 Å². The van der Waals surface area contributed by atoms with Gasteiger partial charge in [0.05, 0.1) is 16.4 Å². The summed E-state index contributed by atoms with van der Waals surface area (Å²) in [5, 5.41) is 11.6. The van der Waals surface area contributed by atoms with Crippen LogP contribution >= 0.6 is 11.3 Å². The summed E-state index contributed by atoms with van der Waals surface area (Å²) in [6.07, 6.45) is 0. The van der Waals surface area contributed by atoms with Gasteiger partial charge in [-0.25, -0.2) is 14.8 Å². The van der Waals surface area contributed by atoms with E-state index in [-0.39, 0.29) is 5.69 Å². The van der Waals surface area contributed by atoms with Crippen LogP contribution in [-0.4, -0.2) is 21.0 Å². The highest BCUT2D eigenvalue weighted by Crippen LogP contribution is 2.19. The summed E-state index contributed by atoms with van der Waals surface area (Å²) < 4.78 is 0. The Balaban J connectivity index is 2.45. The minimum atomic E-state index is -1.02. The molecule has 0 spiro atoms. The lowest BCUT2D eigenvalue weighted by molar-refractivity contribution is 0.0690. The Labute approximate surface area is 90.3 Å². The second-order valence-electron chi connectivity index (χ2n) is 2.96. The summed E-state index contributed by atoms with van der Waals surface area (Å²) in [6, 6.07) is 4.88. The third-order valence-corrected chi connectivity index (χ3v) is 2.62.